The molecule has 0 amide bonds. The standard InChI is InChI=1S/C12H13N3O2/c1-2-17-11(16)6-15-10-4-7-3-8(7)12(10)9(5-13)14-15/h7-8H,2-4,6H2,1H3/t7-,8-/m0/s1. The summed E-state index contributed by atoms with van der Waals surface area (Å²) < 4.78 is 6.55. The van der Waals surface area contributed by atoms with Gasteiger partial charge in [-0.25, -0.2) is 0 Å². The van der Waals surface area contributed by atoms with E-state index >= 15 is 0 Å². The van der Waals surface area contributed by atoms with Crippen molar-refractivity contribution in [1.82, 2.24) is 9.78 Å². The molecule has 3 rings (SSSR count). The summed E-state index contributed by atoms with van der Waals surface area (Å²) in [6.07, 6.45) is 2.13. The number of ether oxygens (including phenoxy) is 1. The molecule has 5 heteroatoms. The minimum absolute atomic E-state index is 0.122. The first kappa shape index (κ1) is 10.3. The van der Waals surface area contributed by atoms with Gasteiger partial charge in [0.2, 0.25) is 0 Å². The van der Waals surface area contributed by atoms with Crippen LogP contribution in [0.1, 0.15) is 36.2 Å². The lowest BCUT2D eigenvalue weighted by Crippen LogP contribution is -2.16. The van der Waals surface area contributed by atoms with Gasteiger partial charge in [-0.3, -0.25) is 9.48 Å². The van der Waals surface area contributed by atoms with E-state index in [1.165, 1.54) is 6.42 Å². The lowest BCUT2D eigenvalue weighted by molar-refractivity contribution is -0.144. The van der Waals surface area contributed by atoms with E-state index in [4.69, 9.17) is 10.00 Å². The van der Waals surface area contributed by atoms with Gasteiger partial charge in [0.25, 0.3) is 0 Å². The molecule has 1 aromatic heterocycles. The Balaban J connectivity index is 1.89. The number of rotatable bonds is 3. The summed E-state index contributed by atoms with van der Waals surface area (Å²) in [5, 5.41) is 13.3. The topological polar surface area (TPSA) is 67.9 Å². The van der Waals surface area contributed by atoms with Crippen molar-refractivity contribution in [2.45, 2.75) is 32.2 Å². The summed E-state index contributed by atoms with van der Waals surface area (Å²) in [5.41, 5.74) is 2.65. The number of esters is 1. The summed E-state index contributed by atoms with van der Waals surface area (Å²) in [6, 6.07) is 2.13. The van der Waals surface area contributed by atoms with Crippen molar-refractivity contribution in [3.8, 4) is 6.07 Å². The van der Waals surface area contributed by atoms with Gasteiger partial charge < -0.3 is 4.74 Å². The molecule has 1 aromatic rings. The summed E-state index contributed by atoms with van der Waals surface area (Å²) >= 11 is 0. The number of hydrogen-bond donors (Lipinski definition) is 0. The maximum absolute atomic E-state index is 11.4. The van der Waals surface area contributed by atoms with E-state index in [1.807, 2.05) is 0 Å². The highest BCUT2D eigenvalue weighted by atomic mass is 16.5. The molecule has 0 radical (unpaired) electrons. The van der Waals surface area contributed by atoms with Crippen LogP contribution in [0.5, 0.6) is 0 Å². The van der Waals surface area contributed by atoms with E-state index in [0.717, 1.165) is 17.7 Å². The van der Waals surface area contributed by atoms with E-state index in [2.05, 4.69) is 11.2 Å². The van der Waals surface area contributed by atoms with Crippen LogP contribution in [-0.2, 0) is 22.5 Å². The average Bonchev–Trinajstić information content (AvgIpc) is 2.83. The largest absolute Gasteiger partial charge is 0.465 e. The fourth-order valence-electron chi connectivity index (χ4n) is 2.73. The van der Waals surface area contributed by atoms with Gasteiger partial charge in [0.05, 0.1) is 6.61 Å². The lowest BCUT2D eigenvalue weighted by Gasteiger charge is -2.05. The van der Waals surface area contributed by atoms with Crippen LogP contribution < -0.4 is 0 Å². The number of carbonyl (C=O) groups excluding carboxylic acids is 1. The zero-order valence-corrected chi connectivity index (χ0v) is 9.64. The van der Waals surface area contributed by atoms with Crippen LogP contribution in [0.2, 0.25) is 0 Å². The molecule has 1 saturated carbocycles. The van der Waals surface area contributed by atoms with Crippen LogP contribution in [0.15, 0.2) is 0 Å². The Bertz CT molecular complexity index is 527. The van der Waals surface area contributed by atoms with E-state index in [-0.39, 0.29) is 12.5 Å². The smallest absolute Gasteiger partial charge is 0.327 e. The van der Waals surface area contributed by atoms with Crippen molar-refractivity contribution in [2.75, 3.05) is 6.61 Å². The summed E-state index contributed by atoms with van der Waals surface area (Å²) in [6.45, 7) is 2.28. The third kappa shape index (κ3) is 1.52. The number of fused-ring (bicyclic) bond motifs is 3. The van der Waals surface area contributed by atoms with Gasteiger partial charge in [0.15, 0.2) is 5.69 Å². The zero-order chi connectivity index (χ0) is 12.0. The number of carbonyl (C=O) groups is 1. The van der Waals surface area contributed by atoms with Crippen molar-refractivity contribution in [3.63, 3.8) is 0 Å². The molecule has 0 bridgehead atoms. The molecule has 0 unspecified atom stereocenters. The Morgan fingerprint density at radius 2 is 2.53 bits per heavy atom. The molecule has 0 N–H and O–H groups in total. The molecule has 2 aliphatic carbocycles. The summed E-state index contributed by atoms with van der Waals surface area (Å²) in [7, 11) is 0. The Labute approximate surface area is 99.0 Å². The summed E-state index contributed by atoms with van der Waals surface area (Å²) in [5.74, 6) is 0.919. The number of nitrogens with zero attached hydrogens (tertiary/aromatic N) is 3. The van der Waals surface area contributed by atoms with Crippen LogP contribution in [0.25, 0.3) is 0 Å². The van der Waals surface area contributed by atoms with Crippen molar-refractivity contribution in [2.24, 2.45) is 5.92 Å². The predicted molar refractivity (Wildman–Crippen MR) is 58.1 cm³/mol. The Morgan fingerprint density at radius 3 is 3.24 bits per heavy atom. The highest BCUT2D eigenvalue weighted by Crippen LogP contribution is 2.57. The van der Waals surface area contributed by atoms with Gasteiger partial charge in [-0.2, -0.15) is 10.4 Å². The molecule has 0 aliphatic heterocycles. The average molecular weight is 231 g/mol. The van der Waals surface area contributed by atoms with Crippen LogP contribution in [-0.4, -0.2) is 22.4 Å². The first-order valence-electron chi connectivity index (χ1n) is 5.89. The third-order valence-corrected chi connectivity index (χ3v) is 3.54. The van der Waals surface area contributed by atoms with Gasteiger partial charge in [-0.05, 0) is 31.6 Å². The minimum atomic E-state index is -0.289. The van der Waals surface area contributed by atoms with Crippen molar-refractivity contribution in [3.05, 3.63) is 17.0 Å². The SMILES string of the molecule is CCOC(=O)Cn1nc(C#N)c2c1C[C@@H]1C[C@H]21. The fraction of sp³-hybridized carbons (Fsp3) is 0.583. The highest BCUT2D eigenvalue weighted by molar-refractivity contribution is 5.69. The Hall–Kier alpha value is -1.83. The van der Waals surface area contributed by atoms with Gasteiger partial charge in [-0.1, -0.05) is 0 Å². The predicted octanol–water partition coefficient (Wildman–Crippen LogP) is 0.977. The van der Waals surface area contributed by atoms with E-state index < -0.39 is 0 Å². The Morgan fingerprint density at radius 1 is 1.71 bits per heavy atom. The minimum Gasteiger partial charge on any atom is -0.465 e. The molecule has 1 heterocycles. The number of hydrogen-bond acceptors (Lipinski definition) is 4. The van der Waals surface area contributed by atoms with Gasteiger partial charge in [0, 0.05) is 11.3 Å². The molecular formula is C12H13N3O2. The third-order valence-electron chi connectivity index (χ3n) is 3.54. The van der Waals surface area contributed by atoms with E-state index in [1.54, 1.807) is 11.6 Å². The van der Waals surface area contributed by atoms with Crippen molar-refractivity contribution in [1.29, 1.82) is 5.26 Å². The zero-order valence-electron chi connectivity index (χ0n) is 9.64. The molecule has 1 fully saturated rings. The lowest BCUT2D eigenvalue weighted by atomic mass is 10.1. The first-order chi connectivity index (χ1) is 8.24. The highest BCUT2D eigenvalue weighted by Gasteiger charge is 2.49. The van der Waals surface area contributed by atoms with Crippen LogP contribution >= 0.6 is 0 Å². The second-order valence-corrected chi connectivity index (χ2v) is 4.59. The van der Waals surface area contributed by atoms with Gasteiger partial charge in [-0.15, -0.1) is 0 Å². The maximum Gasteiger partial charge on any atom is 0.327 e. The molecule has 0 saturated heterocycles. The maximum atomic E-state index is 11.4. The van der Waals surface area contributed by atoms with Crippen molar-refractivity contribution >= 4 is 5.97 Å². The molecule has 17 heavy (non-hydrogen) atoms. The number of aromatic nitrogens is 2. The molecule has 2 aliphatic rings. The van der Waals surface area contributed by atoms with E-state index in [0.29, 0.717) is 24.1 Å². The molecule has 2 atom stereocenters. The second-order valence-electron chi connectivity index (χ2n) is 4.59. The van der Waals surface area contributed by atoms with Crippen LogP contribution in [0.4, 0.5) is 0 Å². The monoisotopic (exact) mass is 231 g/mol. The van der Waals surface area contributed by atoms with Crippen LogP contribution in [0.3, 0.4) is 0 Å². The number of nitriles is 1. The first-order valence-corrected chi connectivity index (χ1v) is 5.89. The fourth-order valence-corrected chi connectivity index (χ4v) is 2.73. The normalized spacial score (nSPS) is 23.8. The van der Waals surface area contributed by atoms with Gasteiger partial charge >= 0.3 is 5.97 Å². The van der Waals surface area contributed by atoms with Crippen LogP contribution in [0, 0.1) is 17.2 Å². The molecule has 88 valence electrons. The molecule has 0 aromatic carbocycles. The molecule has 0 spiro atoms. The second kappa shape index (κ2) is 3.59. The molecular weight excluding hydrogens is 218 g/mol. The van der Waals surface area contributed by atoms with Crippen molar-refractivity contribution < 1.29 is 9.53 Å². The molecule has 5 nitrogen and oxygen atoms in total. The Kier molecular flexibility index (Phi) is 2.18. The van der Waals surface area contributed by atoms with E-state index in [9.17, 15) is 4.79 Å². The van der Waals surface area contributed by atoms with Gasteiger partial charge in [0.1, 0.15) is 12.6 Å². The summed E-state index contributed by atoms with van der Waals surface area (Å²) in [4.78, 5) is 11.4. The quantitative estimate of drug-likeness (QED) is 0.727.